The van der Waals surface area contributed by atoms with Crippen molar-refractivity contribution in [1.82, 2.24) is 0 Å². The molecule has 0 aromatic heterocycles. The Labute approximate surface area is 71.0 Å². The summed E-state index contributed by atoms with van der Waals surface area (Å²) < 4.78 is 5.57. The fourth-order valence-corrected chi connectivity index (χ4v) is 1.48. The first-order valence-corrected chi connectivity index (χ1v) is 4.09. The van der Waals surface area contributed by atoms with Crippen LogP contribution in [0.1, 0.15) is 13.3 Å². The molecule has 0 radical (unpaired) electrons. The number of ether oxygens (including phenoxy) is 1. The van der Waals surface area contributed by atoms with Gasteiger partial charge in [-0.3, -0.25) is 0 Å². The van der Waals surface area contributed by atoms with Gasteiger partial charge in [0.05, 0.1) is 6.61 Å². The lowest BCUT2D eigenvalue weighted by Crippen LogP contribution is -2.16. The highest BCUT2D eigenvalue weighted by atomic mass is 35.5. The first-order chi connectivity index (χ1) is 4.72. The van der Waals surface area contributed by atoms with Crippen LogP contribution in [0, 0.1) is 5.92 Å². The average Bonchev–Trinajstić information content (AvgIpc) is 1.88. The Morgan fingerprint density at radius 3 is 2.70 bits per heavy atom. The lowest BCUT2D eigenvalue weighted by Gasteiger charge is -2.21. The van der Waals surface area contributed by atoms with Crippen LogP contribution in [-0.2, 0) is 4.74 Å². The van der Waals surface area contributed by atoms with Crippen LogP contribution in [0.15, 0.2) is 10.1 Å². The zero-order chi connectivity index (χ0) is 7.56. The second-order valence-electron chi connectivity index (χ2n) is 2.53. The Morgan fingerprint density at radius 1 is 1.60 bits per heavy atom. The fourth-order valence-electron chi connectivity index (χ4n) is 1.000. The Hall–Kier alpha value is 0.280. The maximum Gasteiger partial charge on any atom is 0.108 e. The lowest BCUT2D eigenvalue weighted by atomic mass is 9.98. The number of rotatable bonds is 0. The van der Waals surface area contributed by atoms with E-state index in [0.29, 0.717) is 17.0 Å². The molecule has 0 aromatic carbocycles. The van der Waals surface area contributed by atoms with E-state index in [1.54, 1.807) is 0 Å². The summed E-state index contributed by atoms with van der Waals surface area (Å²) in [5.74, 6) is 0.485. The van der Waals surface area contributed by atoms with Crippen molar-refractivity contribution in [3.05, 3.63) is 10.1 Å². The van der Waals surface area contributed by atoms with Crippen molar-refractivity contribution in [1.29, 1.82) is 0 Å². The molecule has 1 nitrogen and oxygen atoms in total. The molecule has 10 heavy (non-hydrogen) atoms. The molecule has 0 bridgehead atoms. The molecule has 1 aliphatic heterocycles. The van der Waals surface area contributed by atoms with Gasteiger partial charge in [-0.25, -0.2) is 0 Å². The highest BCUT2D eigenvalue weighted by Crippen LogP contribution is 2.27. The molecule has 3 heteroatoms. The van der Waals surface area contributed by atoms with E-state index in [9.17, 15) is 0 Å². The van der Waals surface area contributed by atoms with Crippen molar-refractivity contribution < 1.29 is 4.74 Å². The molecule has 1 unspecified atom stereocenters. The van der Waals surface area contributed by atoms with Gasteiger partial charge >= 0.3 is 0 Å². The molecular formula is C7H10Cl2O. The van der Waals surface area contributed by atoms with Gasteiger partial charge in [-0.2, -0.15) is 0 Å². The molecule has 0 amide bonds. The summed E-state index contributed by atoms with van der Waals surface area (Å²) in [6.45, 7) is 3.54. The van der Waals surface area contributed by atoms with Crippen LogP contribution in [0.3, 0.4) is 0 Å². The molecule has 1 rings (SSSR count). The van der Waals surface area contributed by atoms with Crippen LogP contribution in [-0.4, -0.2) is 13.2 Å². The van der Waals surface area contributed by atoms with E-state index in [1.807, 2.05) is 0 Å². The zero-order valence-corrected chi connectivity index (χ0v) is 7.37. The summed E-state index contributed by atoms with van der Waals surface area (Å²) in [6, 6.07) is 0. The highest BCUT2D eigenvalue weighted by molar-refractivity contribution is 6.56. The molecule has 58 valence electrons. The van der Waals surface area contributed by atoms with Gasteiger partial charge in [-0.1, -0.05) is 30.1 Å². The monoisotopic (exact) mass is 180 g/mol. The normalized spacial score (nSPS) is 26.7. The molecule has 1 fully saturated rings. The van der Waals surface area contributed by atoms with E-state index in [4.69, 9.17) is 27.9 Å². The number of halogens is 2. The molecule has 1 heterocycles. The molecule has 0 saturated carbocycles. The van der Waals surface area contributed by atoms with Crippen molar-refractivity contribution >= 4 is 23.2 Å². The molecular weight excluding hydrogens is 171 g/mol. The maximum atomic E-state index is 5.62. The molecule has 0 aromatic rings. The van der Waals surface area contributed by atoms with E-state index in [-0.39, 0.29) is 0 Å². The van der Waals surface area contributed by atoms with Crippen LogP contribution in [0.25, 0.3) is 0 Å². The second-order valence-corrected chi connectivity index (χ2v) is 3.48. The van der Waals surface area contributed by atoms with Gasteiger partial charge in [0.2, 0.25) is 0 Å². The molecule has 1 aliphatic rings. The predicted molar refractivity (Wildman–Crippen MR) is 43.3 cm³/mol. The van der Waals surface area contributed by atoms with Gasteiger partial charge in [0.25, 0.3) is 0 Å². The molecule has 0 N–H and O–H groups in total. The van der Waals surface area contributed by atoms with Gasteiger partial charge in [-0.15, -0.1) is 0 Å². The van der Waals surface area contributed by atoms with Crippen molar-refractivity contribution in [3.8, 4) is 0 Å². The van der Waals surface area contributed by atoms with E-state index in [1.165, 1.54) is 0 Å². The summed E-state index contributed by atoms with van der Waals surface area (Å²) in [5, 5.41) is 0. The van der Waals surface area contributed by atoms with Crippen LogP contribution in [0.5, 0.6) is 0 Å². The van der Waals surface area contributed by atoms with E-state index < -0.39 is 0 Å². The summed E-state index contributed by atoms with van der Waals surface area (Å²) in [4.78, 5) is 0. The minimum absolute atomic E-state index is 0.382. The second kappa shape index (κ2) is 3.61. The van der Waals surface area contributed by atoms with Crippen LogP contribution < -0.4 is 0 Å². The van der Waals surface area contributed by atoms with Gasteiger partial charge in [0.1, 0.15) is 4.49 Å². The Kier molecular flexibility index (Phi) is 3.02. The minimum Gasteiger partial charge on any atom is -0.377 e. The lowest BCUT2D eigenvalue weighted by molar-refractivity contribution is 0.111. The van der Waals surface area contributed by atoms with Gasteiger partial charge < -0.3 is 4.74 Å². The third-order valence-corrected chi connectivity index (χ3v) is 2.28. The largest absolute Gasteiger partial charge is 0.377 e. The first kappa shape index (κ1) is 8.38. The first-order valence-electron chi connectivity index (χ1n) is 3.33. The maximum absolute atomic E-state index is 5.62. The zero-order valence-electron chi connectivity index (χ0n) is 5.86. The summed E-state index contributed by atoms with van der Waals surface area (Å²) in [7, 11) is 0. The van der Waals surface area contributed by atoms with E-state index in [0.717, 1.165) is 18.6 Å². The SMILES string of the molecule is CC1CCOCC1=C(Cl)Cl. The summed E-state index contributed by atoms with van der Waals surface area (Å²) >= 11 is 11.2. The third kappa shape index (κ3) is 1.88. The molecule has 0 aliphatic carbocycles. The van der Waals surface area contributed by atoms with Gasteiger partial charge in [0.15, 0.2) is 0 Å². The average molecular weight is 181 g/mol. The Balaban J connectivity index is 2.65. The Bertz CT molecular complexity index is 150. The highest BCUT2D eigenvalue weighted by Gasteiger charge is 2.16. The van der Waals surface area contributed by atoms with Crippen LogP contribution in [0.4, 0.5) is 0 Å². The minimum atomic E-state index is 0.382. The predicted octanol–water partition coefficient (Wildman–Crippen LogP) is 2.73. The number of hydrogen-bond donors (Lipinski definition) is 0. The standard InChI is InChI=1S/C7H10Cl2O/c1-5-2-3-10-4-6(5)7(8)9/h5H,2-4H2,1H3. The van der Waals surface area contributed by atoms with Crippen molar-refractivity contribution in [2.24, 2.45) is 5.92 Å². The quantitative estimate of drug-likeness (QED) is 0.558. The topological polar surface area (TPSA) is 9.23 Å². The van der Waals surface area contributed by atoms with Gasteiger partial charge in [0, 0.05) is 6.61 Å². The molecule has 0 spiro atoms. The van der Waals surface area contributed by atoms with Crippen molar-refractivity contribution in [3.63, 3.8) is 0 Å². The summed E-state index contributed by atoms with van der Waals surface area (Å²) in [6.07, 6.45) is 1.03. The van der Waals surface area contributed by atoms with Crippen LogP contribution in [0.2, 0.25) is 0 Å². The molecule has 1 atom stereocenters. The fraction of sp³-hybridized carbons (Fsp3) is 0.714. The number of hydrogen-bond acceptors (Lipinski definition) is 1. The summed E-state index contributed by atoms with van der Waals surface area (Å²) in [5.41, 5.74) is 1.04. The van der Waals surface area contributed by atoms with E-state index >= 15 is 0 Å². The third-order valence-electron chi connectivity index (χ3n) is 1.79. The Morgan fingerprint density at radius 2 is 2.30 bits per heavy atom. The van der Waals surface area contributed by atoms with Crippen molar-refractivity contribution in [2.75, 3.05) is 13.2 Å². The van der Waals surface area contributed by atoms with Crippen LogP contribution >= 0.6 is 23.2 Å². The van der Waals surface area contributed by atoms with Crippen molar-refractivity contribution in [2.45, 2.75) is 13.3 Å². The smallest absolute Gasteiger partial charge is 0.108 e. The van der Waals surface area contributed by atoms with E-state index in [2.05, 4.69) is 6.92 Å². The van der Waals surface area contributed by atoms with Gasteiger partial charge in [-0.05, 0) is 17.9 Å². The molecule has 1 saturated heterocycles.